The van der Waals surface area contributed by atoms with Crippen molar-refractivity contribution in [2.24, 2.45) is 5.73 Å². The quantitative estimate of drug-likeness (QED) is 0.905. The molecule has 0 aliphatic carbocycles. The van der Waals surface area contributed by atoms with Crippen molar-refractivity contribution in [3.63, 3.8) is 0 Å². The first-order chi connectivity index (χ1) is 9.61. The summed E-state index contributed by atoms with van der Waals surface area (Å²) in [5.74, 6) is 1.16. The van der Waals surface area contributed by atoms with Crippen molar-refractivity contribution in [3.8, 4) is 5.88 Å². The second kappa shape index (κ2) is 6.53. The van der Waals surface area contributed by atoms with Gasteiger partial charge in [0.1, 0.15) is 0 Å². The van der Waals surface area contributed by atoms with Crippen LogP contribution in [0, 0.1) is 0 Å². The van der Waals surface area contributed by atoms with Crippen LogP contribution in [0.5, 0.6) is 5.88 Å². The summed E-state index contributed by atoms with van der Waals surface area (Å²) in [4.78, 5) is 4.19. The van der Waals surface area contributed by atoms with Gasteiger partial charge >= 0.3 is 0 Å². The van der Waals surface area contributed by atoms with Gasteiger partial charge in [0, 0.05) is 17.8 Å². The molecule has 0 aliphatic heterocycles. The van der Waals surface area contributed by atoms with Gasteiger partial charge < -0.3 is 10.5 Å². The Balaban J connectivity index is 2.13. The van der Waals surface area contributed by atoms with E-state index < -0.39 is 0 Å². The average Bonchev–Trinajstić information content (AvgIpc) is 2.47. The molecule has 0 saturated heterocycles. The Kier molecular flexibility index (Phi) is 4.74. The first-order valence-corrected chi connectivity index (χ1v) is 6.95. The third kappa shape index (κ3) is 3.36. The smallest absolute Gasteiger partial charge is 0.217 e. The summed E-state index contributed by atoms with van der Waals surface area (Å²) in [7, 11) is 1.62. The van der Waals surface area contributed by atoms with Crippen molar-refractivity contribution in [2.75, 3.05) is 7.11 Å². The molecule has 0 amide bonds. The monoisotopic (exact) mass is 270 g/mol. The van der Waals surface area contributed by atoms with E-state index in [2.05, 4.69) is 43.1 Å². The standard InChI is InChI=1S/C17H22N2O/c1-12(2)14-8-6-13(7-9-14)11-16(18)15-5-4-10-19-17(15)20-3/h4-10,12,16H,11,18H2,1-3H3. The predicted octanol–water partition coefficient (Wildman–Crippen LogP) is 3.46. The Hall–Kier alpha value is -1.87. The Bertz CT molecular complexity index is 549. The third-order valence-corrected chi connectivity index (χ3v) is 3.50. The van der Waals surface area contributed by atoms with Gasteiger partial charge in [0.25, 0.3) is 0 Å². The lowest BCUT2D eigenvalue weighted by atomic mass is 9.97. The molecule has 0 aliphatic rings. The zero-order valence-corrected chi connectivity index (χ0v) is 12.3. The number of aromatic nitrogens is 1. The predicted molar refractivity (Wildman–Crippen MR) is 82.0 cm³/mol. The van der Waals surface area contributed by atoms with E-state index >= 15 is 0 Å². The fourth-order valence-corrected chi connectivity index (χ4v) is 2.26. The lowest BCUT2D eigenvalue weighted by Gasteiger charge is -2.15. The molecule has 1 aromatic carbocycles. The topological polar surface area (TPSA) is 48.1 Å². The Morgan fingerprint density at radius 1 is 1.15 bits per heavy atom. The molecule has 0 radical (unpaired) electrons. The molecular formula is C17H22N2O. The van der Waals surface area contributed by atoms with Crippen molar-refractivity contribution >= 4 is 0 Å². The molecule has 3 heteroatoms. The second-order valence-electron chi connectivity index (χ2n) is 5.31. The summed E-state index contributed by atoms with van der Waals surface area (Å²) in [5.41, 5.74) is 9.81. The highest BCUT2D eigenvalue weighted by atomic mass is 16.5. The van der Waals surface area contributed by atoms with Gasteiger partial charge in [-0.15, -0.1) is 0 Å². The SMILES string of the molecule is COc1ncccc1C(N)Cc1ccc(C(C)C)cc1. The minimum absolute atomic E-state index is 0.108. The van der Waals surface area contributed by atoms with Gasteiger partial charge in [0.15, 0.2) is 0 Å². The minimum atomic E-state index is -0.108. The molecule has 0 bridgehead atoms. The Morgan fingerprint density at radius 2 is 1.85 bits per heavy atom. The number of methoxy groups -OCH3 is 1. The zero-order valence-electron chi connectivity index (χ0n) is 12.3. The summed E-state index contributed by atoms with van der Waals surface area (Å²) in [6, 6.07) is 12.4. The lowest BCUT2D eigenvalue weighted by molar-refractivity contribution is 0.388. The maximum absolute atomic E-state index is 6.28. The van der Waals surface area contributed by atoms with E-state index in [9.17, 15) is 0 Å². The fraction of sp³-hybridized carbons (Fsp3) is 0.353. The molecule has 2 N–H and O–H groups in total. The highest BCUT2D eigenvalue weighted by Crippen LogP contribution is 2.24. The van der Waals surface area contributed by atoms with E-state index in [0.29, 0.717) is 11.8 Å². The highest BCUT2D eigenvalue weighted by molar-refractivity contribution is 5.31. The van der Waals surface area contributed by atoms with Crippen molar-refractivity contribution in [1.29, 1.82) is 0 Å². The second-order valence-corrected chi connectivity index (χ2v) is 5.31. The summed E-state index contributed by atoms with van der Waals surface area (Å²) in [5, 5.41) is 0. The van der Waals surface area contributed by atoms with Crippen LogP contribution in [0.4, 0.5) is 0 Å². The van der Waals surface area contributed by atoms with Crippen molar-refractivity contribution in [3.05, 3.63) is 59.3 Å². The molecule has 3 nitrogen and oxygen atoms in total. The minimum Gasteiger partial charge on any atom is -0.481 e. The maximum Gasteiger partial charge on any atom is 0.217 e. The van der Waals surface area contributed by atoms with E-state index in [1.165, 1.54) is 11.1 Å². The van der Waals surface area contributed by atoms with E-state index in [4.69, 9.17) is 10.5 Å². The van der Waals surface area contributed by atoms with Crippen LogP contribution < -0.4 is 10.5 Å². The number of nitrogens with zero attached hydrogens (tertiary/aromatic N) is 1. The number of ether oxygens (including phenoxy) is 1. The molecule has 20 heavy (non-hydrogen) atoms. The lowest BCUT2D eigenvalue weighted by Crippen LogP contribution is -2.15. The molecule has 0 fully saturated rings. The first kappa shape index (κ1) is 14.5. The summed E-state index contributed by atoms with van der Waals surface area (Å²) in [6.07, 6.45) is 2.49. The number of nitrogens with two attached hydrogens (primary N) is 1. The summed E-state index contributed by atoms with van der Waals surface area (Å²) >= 11 is 0. The molecule has 1 aromatic heterocycles. The van der Waals surface area contributed by atoms with Gasteiger partial charge in [0.2, 0.25) is 5.88 Å². The van der Waals surface area contributed by atoms with Gasteiger partial charge in [-0.05, 0) is 29.5 Å². The summed E-state index contributed by atoms with van der Waals surface area (Å²) in [6.45, 7) is 4.39. The van der Waals surface area contributed by atoms with Gasteiger partial charge in [-0.3, -0.25) is 0 Å². The van der Waals surface area contributed by atoms with Crippen molar-refractivity contribution < 1.29 is 4.74 Å². The number of pyridine rings is 1. The number of hydrogen-bond donors (Lipinski definition) is 1. The Labute approximate surface area is 120 Å². The zero-order chi connectivity index (χ0) is 14.5. The normalized spacial score (nSPS) is 12.4. The van der Waals surface area contributed by atoms with Crippen molar-refractivity contribution in [2.45, 2.75) is 32.2 Å². The molecule has 1 atom stereocenters. The van der Waals surface area contributed by atoms with Crippen LogP contribution in [0.2, 0.25) is 0 Å². The molecule has 2 rings (SSSR count). The van der Waals surface area contributed by atoms with Crippen LogP contribution in [0.3, 0.4) is 0 Å². The van der Waals surface area contributed by atoms with Gasteiger partial charge in [-0.2, -0.15) is 0 Å². The third-order valence-electron chi connectivity index (χ3n) is 3.50. The molecule has 1 unspecified atom stereocenters. The first-order valence-electron chi connectivity index (χ1n) is 6.95. The van der Waals surface area contributed by atoms with Crippen LogP contribution >= 0.6 is 0 Å². The van der Waals surface area contributed by atoms with Crippen LogP contribution in [0.15, 0.2) is 42.6 Å². The summed E-state index contributed by atoms with van der Waals surface area (Å²) < 4.78 is 5.26. The van der Waals surface area contributed by atoms with Crippen LogP contribution in [0.1, 0.15) is 42.5 Å². The van der Waals surface area contributed by atoms with E-state index in [-0.39, 0.29) is 6.04 Å². The van der Waals surface area contributed by atoms with Gasteiger partial charge in [-0.25, -0.2) is 4.98 Å². The van der Waals surface area contributed by atoms with Crippen LogP contribution in [-0.2, 0) is 6.42 Å². The molecule has 0 saturated carbocycles. The molecule has 2 aromatic rings. The maximum atomic E-state index is 6.28. The largest absolute Gasteiger partial charge is 0.481 e. The molecule has 1 heterocycles. The van der Waals surface area contributed by atoms with Gasteiger partial charge in [-0.1, -0.05) is 44.2 Å². The highest BCUT2D eigenvalue weighted by Gasteiger charge is 2.13. The van der Waals surface area contributed by atoms with E-state index in [0.717, 1.165) is 12.0 Å². The van der Waals surface area contributed by atoms with Crippen LogP contribution in [-0.4, -0.2) is 12.1 Å². The Morgan fingerprint density at radius 3 is 2.45 bits per heavy atom. The molecular weight excluding hydrogens is 248 g/mol. The molecule has 106 valence electrons. The average molecular weight is 270 g/mol. The van der Waals surface area contributed by atoms with Crippen molar-refractivity contribution in [1.82, 2.24) is 4.98 Å². The van der Waals surface area contributed by atoms with Gasteiger partial charge in [0.05, 0.1) is 7.11 Å². The molecule has 0 spiro atoms. The number of rotatable bonds is 5. The van der Waals surface area contributed by atoms with Crippen LogP contribution in [0.25, 0.3) is 0 Å². The van der Waals surface area contributed by atoms with E-state index in [1.807, 2.05) is 12.1 Å². The van der Waals surface area contributed by atoms with E-state index in [1.54, 1.807) is 13.3 Å². The number of hydrogen-bond acceptors (Lipinski definition) is 3. The fourth-order valence-electron chi connectivity index (χ4n) is 2.26. The number of benzene rings is 1.